The van der Waals surface area contributed by atoms with E-state index in [1.54, 1.807) is 0 Å². The SMILES string of the molecule is C[C@H]1CC[C@H](C2CC3(CC(C#N)C3)C2)N(C(=O)OC(C)(C)C)C1. The Morgan fingerprint density at radius 1 is 1.22 bits per heavy atom. The summed E-state index contributed by atoms with van der Waals surface area (Å²) in [5, 5.41) is 8.99. The van der Waals surface area contributed by atoms with E-state index in [9.17, 15) is 4.79 Å². The number of nitriles is 1. The van der Waals surface area contributed by atoms with Crippen LogP contribution in [0.25, 0.3) is 0 Å². The summed E-state index contributed by atoms with van der Waals surface area (Å²) in [5.41, 5.74) is 0.00483. The summed E-state index contributed by atoms with van der Waals surface area (Å²) < 4.78 is 5.65. The Hall–Kier alpha value is -1.24. The Morgan fingerprint density at radius 3 is 2.43 bits per heavy atom. The van der Waals surface area contributed by atoms with Crippen molar-refractivity contribution in [2.75, 3.05) is 6.54 Å². The molecule has 1 saturated heterocycles. The molecule has 0 aromatic rings. The molecule has 4 heteroatoms. The molecule has 3 rings (SSSR count). The minimum absolute atomic E-state index is 0.140. The van der Waals surface area contributed by atoms with Crippen molar-refractivity contribution in [3.05, 3.63) is 0 Å². The van der Waals surface area contributed by atoms with Crippen molar-refractivity contribution < 1.29 is 9.53 Å². The fourth-order valence-corrected chi connectivity index (χ4v) is 4.93. The van der Waals surface area contributed by atoms with E-state index in [-0.39, 0.29) is 12.0 Å². The first-order valence-electron chi connectivity index (χ1n) is 9.11. The number of ether oxygens (including phenoxy) is 1. The Bertz CT molecular complexity index is 502. The quantitative estimate of drug-likeness (QED) is 0.722. The Kier molecular flexibility index (Phi) is 4.11. The molecule has 1 heterocycles. The normalized spacial score (nSPS) is 40.0. The number of nitrogens with zero attached hydrogens (tertiary/aromatic N) is 2. The van der Waals surface area contributed by atoms with Crippen LogP contribution in [0.15, 0.2) is 0 Å². The highest BCUT2D eigenvalue weighted by molar-refractivity contribution is 5.68. The van der Waals surface area contributed by atoms with Gasteiger partial charge in [0.1, 0.15) is 5.60 Å². The molecule has 0 unspecified atom stereocenters. The smallest absolute Gasteiger partial charge is 0.410 e. The fraction of sp³-hybridized carbons (Fsp3) is 0.895. The molecule has 0 bridgehead atoms. The lowest BCUT2D eigenvalue weighted by Crippen LogP contribution is -2.58. The molecule has 3 fully saturated rings. The number of carbonyl (C=O) groups is 1. The first-order chi connectivity index (χ1) is 10.7. The Labute approximate surface area is 140 Å². The monoisotopic (exact) mass is 318 g/mol. The van der Waals surface area contributed by atoms with Gasteiger partial charge in [-0.25, -0.2) is 4.79 Å². The van der Waals surface area contributed by atoms with E-state index in [1.165, 1.54) is 19.3 Å². The molecule has 1 aliphatic heterocycles. The second kappa shape index (κ2) is 5.69. The lowest BCUT2D eigenvalue weighted by Gasteiger charge is -2.59. The van der Waals surface area contributed by atoms with Crippen molar-refractivity contribution in [1.82, 2.24) is 4.90 Å². The zero-order valence-electron chi connectivity index (χ0n) is 15.0. The largest absolute Gasteiger partial charge is 0.444 e. The summed E-state index contributed by atoms with van der Waals surface area (Å²) in [5.74, 6) is 1.44. The number of rotatable bonds is 1. The summed E-state index contributed by atoms with van der Waals surface area (Å²) in [6.45, 7) is 8.84. The number of carbonyl (C=O) groups excluding carboxylic acids is 1. The molecule has 4 nitrogen and oxygen atoms in total. The van der Waals surface area contributed by atoms with Crippen LogP contribution in [0.3, 0.4) is 0 Å². The summed E-state index contributed by atoms with van der Waals surface area (Å²) in [4.78, 5) is 14.6. The van der Waals surface area contributed by atoms with Gasteiger partial charge in [-0.2, -0.15) is 5.26 Å². The lowest BCUT2D eigenvalue weighted by molar-refractivity contribution is -0.0932. The average molecular weight is 318 g/mol. The summed E-state index contributed by atoms with van der Waals surface area (Å²) in [7, 11) is 0. The zero-order chi connectivity index (χ0) is 16.8. The van der Waals surface area contributed by atoms with Gasteiger partial charge >= 0.3 is 6.09 Å². The van der Waals surface area contributed by atoms with Crippen LogP contribution < -0.4 is 0 Å². The second-order valence-electron chi connectivity index (χ2n) is 9.29. The maximum absolute atomic E-state index is 12.6. The molecule has 0 aromatic heterocycles. The minimum atomic E-state index is -0.433. The number of likely N-dealkylation sites (tertiary alicyclic amines) is 1. The first kappa shape index (κ1) is 16.6. The molecule has 23 heavy (non-hydrogen) atoms. The van der Waals surface area contributed by atoms with Gasteiger partial charge in [-0.15, -0.1) is 0 Å². The highest BCUT2D eigenvalue weighted by atomic mass is 16.6. The molecule has 3 aliphatic rings. The molecule has 1 amide bonds. The fourth-order valence-electron chi connectivity index (χ4n) is 4.93. The highest BCUT2D eigenvalue weighted by Gasteiger charge is 2.56. The Balaban J connectivity index is 1.61. The van der Waals surface area contributed by atoms with Gasteiger partial charge in [-0.05, 0) is 76.5 Å². The maximum atomic E-state index is 12.6. The molecule has 2 aliphatic carbocycles. The van der Waals surface area contributed by atoms with Crippen LogP contribution >= 0.6 is 0 Å². The molecular formula is C19H30N2O2. The highest BCUT2D eigenvalue weighted by Crippen LogP contribution is 2.62. The topological polar surface area (TPSA) is 53.3 Å². The van der Waals surface area contributed by atoms with Crippen LogP contribution in [0.4, 0.5) is 4.79 Å². The summed E-state index contributed by atoms with van der Waals surface area (Å²) in [6, 6.07) is 2.73. The molecular weight excluding hydrogens is 288 g/mol. The Morgan fingerprint density at radius 2 is 1.87 bits per heavy atom. The van der Waals surface area contributed by atoms with Gasteiger partial charge in [-0.3, -0.25) is 0 Å². The molecule has 1 spiro atoms. The minimum Gasteiger partial charge on any atom is -0.444 e. The molecule has 0 N–H and O–H groups in total. The van der Waals surface area contributed by atoms with Gasteiger partial charge in [0.2, 0.25) is 0 Å². The third-order valence-electron chi connectivity index (χ3n) is 5.97. The molecule has 0 radical (unpaired) electrons. The van der Waals surface area contributed by atoms with Crippen LogP contribution in [0.5, 0.6) is 0 Å². The standard InChI is InChI=1S/C19H30N2O2/c1-13-5-6-16(21(12-13)17(22)23-18(2,3)4)15-9-19(10-15)7-14(8-19)11-20/h13-16H,5-10,12H2,1-4H3/t13-,14?,15?,16+,19?/m0/s1. The van der Waals surface area contributed by atoms with E-state index in [0.29, 0.717) is 23.3 Å². The van der Waals surface area contributed by atoms with Crippen molar-refractivity contribution in [3.8, 4) is 6.07 Å². The van der Waals surface area contributed by atoms with Crippen molar-refractivity contribution in [1.29, 1.82) is 5.26 Å². The van der Waals surface area contributed by atoms with Crippen LogP contribution in [0.2, 0.25) is 0 Å². The summed E-state index contributed by atoms with van der Waals surface area (Å²) >= 11 is 0. The zero-order valence-corrected chi connectivity index (χ0v) is 15.0. The van der Waals surface area contributed by atoms with Gasteiger partial charge in [-0.1, -0.05) is 6.92 Å². The van der Waals surface area contributed by atoms with Crippen molar-refractivity contribution in [3.63, 3.8) is 0 Å². The van der Waals surface area contributed by atoms with E-state index in [4.69, 9.17) is 10.00 Å². The van der Waals surface area contributed by atoms with Gasteiger partial charge < -0.3 is 9.64 Å². The van der Waals surface area contributed by atoms with Crippen LogP contribution in [-0.4, -0.2) is 29.2 Å². The van der Waals surface area contributed by atoms with Crippen molar-refractivity contribution in [2.45, 2.75) is 77.9 Å². The molecule has 2 saturated carbocycles. The van der Waals surface area contributed by atoms with Gasteiger partial charge in [0, 0.05) is 18.5 Å². The molecule has 128 valence electrons. The van der Waals surface area contributed by atoms with E-state index < -0.39 is 5.60 Å². The average Bonchev–Trinajstić information content (AvgIpc) is 2.35. The summed E-state index contributed by atoms with van der Waals surface area (Å²) in [6.07, 6.45) is 6.72. The lowest BCUT2D eigenvalue weighted by atomic mass is 9.47. The van der Waals surface area contributed by atoms with E-state index in [1.807, 2.05) is 25.7 Å². The predicted octanol–water partition coefficient (Wildman–Crippen LogP) is 4.35. The van der Waals surface area contributed by atoms with Crippen molar-refractivity contribution >= 4 is 6.09 Å². The molecule has 0 aromatic carbocycles. The molecule has 2 atom stereocenters. The van der Waals surface area contributed by atoms with E-state index in [2.05, 4.69) is 13.0 Å². The number of amides is 1. The third kappa shape index (κ3) is 3.34. The van der Waals surface area contributed by atoms with Crippen LogP contribution in [0, 0.1) is 34.5 Å². The van der Waals surface area contributed by atoms with Crippen LogP contribution in [0.1, 0.15) is 66.2 Å². The first-order valence-corrected chi connectivity index (χ1v) is 9.11. The second-order valence-corrected chi connectivity index (χ2v) is 9.29. The van der Waals surface area contributed by atoms with Gasteiger partial charge in [0.05, 0.1) is 6.07 Å². The maximum Gasteiger partial charge on any atom is 0.410 e. The third-order valence-corrected chi connectivity index (χ3v) is 5.97. The van der Waals surface area contributed by atoms with E-state index >= 15 is 0 Å². The van der Waals surface area contributed by atoms with Crippen LogP contribution in [-0.2, 0) is 4.74 Å². The van der Waals surface area contributed by atoms with Gasteiger partial charge in [0.15, 0.2) is 0 Å². The van der Waals surface area contributed by atoms with E-state index in [0.717, 1.165) is 25.8 Å². The van der Waals surface area contributed by atoms with Crippen molar-refractivity contribution in [2.24, 2.45) is 23.2 Å². The van der Waals surface area contributed by atoms with Gasteiger partial charge in [0.25, 0.3) is 0 Å². The predicted molar refractivity (Wildman–Crippen MR) is 88.6 cm³/mol. The number of hydrogen-bond acceptors (Lipinski definition) is 3. The number of piperidine rings is 1. The number of hydrogen-bond donors (Lipinski definition) is 0.